The van der Waals surface area contributed by atoms with E-state index in [2.05, 4.69) is 19.1 Å². The molecule has 1 aromatic carbocycles. The maximum absolute atomic E-state index is 12.2. The average molecular weight is 324 g/mol. The highest BCUT2D eigenvalue weighted by Gasteiger charge is 2.37. The number of rotatable bonds is 2. The van der Waals surface area contributed by atoms with Gasteiger partial charge < -0.3 is 9.64 Å². The molecule has 1 aliphatic rings. The van der Waals surface area contributed by atoms with Gasteiger partial charge in [0.05, 0.1) is 0 Å². The summed E-state index contributed by atoms with van der Waals surface area (Å²) in [5, 5.41) is 0.765. The van der Waals surface area contributed by atoms with Crippen LogP contribution in [0.2, 0.25) is 5.02 Å². The van der Waals surface area contributed by atoms with Crippen molar-refractivity contribution in [1.29, 1.82) is 0 Å². The molecule has 1 aromatic rings. The van der Waals surface area contributed by atoms with Gasteiger partial charge >= 0.3 is 6.09 Å². The normalized spacial score (nSPS) is 18.1. The fraction of sp³-hybridized carbons (Fsp3) is 0.611. The molecule has 3 nitrogen and oxygen atoms in total. The van der Waals surface area contributed by atoms with E-state index < -0.39 is 5.60 Å². The molecule has 0 radical (unpaired) electrons. The molecule has 0 aromatic heterocycles. The highest BCUT2D eigenvalue weighted by atomic mass is 35.5. The second kappa shape index (κ2) is 6.49. The van der Waals surface area contributed by atoms with Crippen molar-refractivity contribution in [3.8, 4) is 0 Å². The molecule has 1 aliphatic heterocycles. The summed E-state index contributed by atoms with van der Waals surface area (Å²) in [4.78, 5) is 14.0. The quantitative estimate of drug-likeness (QED) is 0.765. The van der Waals surface area contributed by atoms with Gasteiger partial charge in [-0.1, -0.05) is 30.7 Å². The van der Waals surface area contributed by atoms with Crippen molar-refractivity contribution in [2.24, 2.45) is 0 Å². The zero-order valence-corrected chi connectivity index (χ0v) is 14.7. The topological polar surface area (TPSA) is 29.5 Å². The molecule has 0 spiro atoms. The van der Waals surface area contributed by atoms with E-state index >= 15 is 0 Å². The molecular formula is C18H26ClNO2. The molecule has 2 rings (SSSR count). The van der Waals surface area contributed by atoms with Crippen LogP contribution in [-0.2, 0) is 10.2 Å². The van der Waals surface area contributed by atoms with Crippen LogP contribution >= 0.6 is 11.6 Å². The number of piperidine rings is 1. The molecule has 0 bridgehead atoms. The second-order valence-corrected chi connectivity index (χ2v) is 7.54. The van der Waals surface area contributed by atoms with Crippen LogP contribution < -0.4 is 0 Å². The van der Waals surface area contributed by atoms with Crippen molar-refractivity contribution in [3.63, 3.8) is 0 Å². The SMILES string of the molecule is CCC1(c2ccc(Cl)cc2)CCN(C(=O)OC(C)(C)C)CC1. The lowest BCUT2D eigenvalue weighted by atomic mass is 9.71. The maximum atomic E-state index is 12.2. The molecule has 0 atom stereocenters. The number of hydrogen-bond donors (Lipinski definition) is 0. The predicted octanol–water partition coefficient (Wildman–Crippen LogP) is 5.02. The Labute approximate surface area is 138 Å². The molecule has 0 aliphatic carbocycles. The van der Waals surface area contributed by atoms with E-state index in [1.165, 1.54) is 5.56 Å². The summed E-state index contributed by atoms with van der Waals surface area (Å²) in [7, 11) is 0. The van der Waals surface area contributed by atoms with Crippen molar-refractivity contribution in [2.75, 3.05) is 13.1 Å². The fourth-order valence-electron chi connectivity index (χ4n) is 3.09. The third kappa shape index (κ3) is 3.95. The van der Waals surface area contributed by atoms with Crippen LogP contribution in [0.15, 0.2) is 24.3 Å². The van der Waals surface area contributed by atoms with Crippen LogP contribution in [0.5, 0.6) is 0 Å². The fourth-order valence-corrected chi connectivity index (χ4v) is 3.22. The first-order chi connectivity index (χ1) is 10.3. The first-order valence-corrected chi connectivity index (χ1v) is 8.37. The number of benzene rings is 1. The van der Waals surface area contributed by atoms with Gasteiger partial charge in [-0.3, -0.25) is 0 Å². The number of nitrogens with zero attached hydrogens (tertiary/aromatic N) is 1. The van der Waals surface area contributed by atoms with E-state index in [1.54, 1.807) is 0 Å². The molecule has 0 saturated carbocycles. The van der Waals surface area contributed by atoms with Crippen LogP contribution in [0.3, 0.4) is 0 Å². The molecule has 1 heterocycles. The second-order valence-electron chi connectivity index (χ2n) is 7.11. The summed E-state index contributed by atoms with van der Waals surface area (Å²) in [5.41, 5.74) is 1.03. The number of carbonyl (C=O) groups excluding carboxylic acids is 1. The van der Waals surface area contributed by atoms with Gasteiger partial charge in [-0.2, -0.15) is 0 Å². The minimum absolute atomic E-state index is 0.142. The molecule has 122 valence electrons. The number of ether oxygens (including phenoxy) is 1. The standard InChI is InChI=1S/C18H26ClNO2/c1-5-18(14-6-8-15(19)9-7-14)10-12-20(13-11-18)16(21)22-17(2,3)4/h6-9H,5,10-13H2,1-4H3. The number of hydrogen-bond acceptors (Lipinski definition) is 2. The van der Waals surface area contributed by atoms with E-state index in [-0.39, 0.29) is 11.5 Å². The van der Waals surface area contributed by atoms with Gasteiger partial charge in [-0.15, -0.1) is 0 Å². The molecule has 22 heavy (non-hydrogen) atoms. The third-order valence-electron chi connectivity index (χ3n) is 4.51. The molecule has 1 amide bonds. The number of halogens is 1. The Kier molecular flexibility index (Phi) is 5.06. The van der Waals surface area contributed by atoms with Gasteiger partial charge in [0, 0.05) is 18.1 Å². The number of amides is 1. The van der Waals surface area contributed by atoms with E-state index in [0.29, 0.717) is 0 Å². The van der Waals surface area contributed by atoms with Crippen molar-refractivity contribution in [2.45, 2.75) is 58.0 Å². The van der Waals surface area contributed by atoms with Crippen LogP contribution in [-0.4, -0.2) is 29.7 Å². The van der Waals surface area contributed by atoms with Crippen LogP contribution in [0, 0.1) is 0 Å². The van der Waals surface area contributed by atoms with Crippen molar-refractivity contribution in [1.82, 2.24) is 4.90 Å². The lowest BCUT2D eigenvalue weighted by Crippen LogP contribution is -2.46. The van der Waals surface area contributed by atoms with E-state index in [9.17, 15) is 4.79 Å². The first-order valence-electron chi connectivity index (χ1n) is 8.00. The largest absolute Gasteiger partial charge is 0.444 e. The van der Waals surface area contributed by atoms with E-state index in [0.717, 1.165) is 37.4 Å². The maximum Gasteiger partial charge on any atom is 0.410 e. The monoisotopic (exact) mass is 323 g/mol. The Morgan fingerprint density at radius 1 is 1.23 bits per heavy atom. The molecule has 0 N–H and O–H groups in total. The van der Waals surface area contributed by atoms with Crippen LogP contribution in [0.25, 0.3) is 0 Å². The highest BCUT2D eigenvalue weighted by molar-refractivity contribution is 6.30. The zero-order chi connectivity index (χ0) is 16.4. The smallest absolute Gasteiger partial charge is 0.410 e. The number of carbonyl (C=O) groups is 1. The minimum atomic E-state index is -0.438. The molecule has 1 saturated heterocycles. The van der Waals surface area contributed by atoms with Crippen molar-refractivity contribution >= 4 is 17.7 Å². The van der Waals surface area contributed by atoms with Gasteiger partial charge in [0.2, 0.25) is 0 Å². The molecule has 0 unspecified atom stereocenters. The zero-order valence-electron chi connectivity index (χ0n) is 14.0. The Balaban J connectivity index is 2.05. The van der Waals surface area contributed by atoms with Gasteiger partial charge in [-0.05, 0) is 63.1 Å². The van der Waals surface area contributed by atoms with Crippen LogP contribution in [0.4, 0.5) is 4.79 Å². The summed E-state index contributed by atoms with van der Waals surface area (Å²) >= 11 is 6.00. The van der Waals surface area contributed by atoms with Gasteiger partial charge in [0.1, 0.15) is 5.60 Å². The minimum Gasteiger partial charge on any atom is -0.444 e. The predicted molar refractivity (Wildman–Crippen MR) is 90.5 cm³/mol. The Bertz CT molecular complexity index is 511. The molecule has 1 fully saturated rings. The first kappa shape index (κ1) is 17.1. The Hall–Kier alpha value is -1.22. The van der Waals surface area contributed by atoms with Crippen molar-refractivity contribution in [3.05, 3.63) is 34.9 Å². The summed E-state index contributed by atoms with van der Waals surface area (Å²) in [5.74, 6) is 0. The summed E-state index contributed by atoms with van der Waals surface area (Å²) in [6.45, 7) is 9.41. The lowest BCUT2D eigenvalue weighted by Gasteiger charge is -2.42. The van der Waals surface area contributed by atoms with Gasteiger partial charge in [0.15, 0.2) is 0 Å². The van der Waals surface area contributed by atoms with Gasteiger partial charge in [-0.25, -0.2) is 4.79 Å². The lowest BCUT2D eigenvalue weighted by molar-refractivity contribution is 0.0161. The van der Waals surface area contributed by atoms with Gasteiger partial charge in [0.25, 0.3) is 0 Å². The summed E-state index contributed by atoms with van der Waals surface area (Å²) in [6, 6.07) is 8.15. The Morgan fingerprint density at radius 3 is 2.23 bits per heavy atom. The highest BCUT2D eigenvalue weighted by Crippen LogP contribution is 2.39. The van der Waals surface area contributed by atoms with E-state index in [4.69, 9.17) is 16.3 Å². The molecule has 4 heteroatoms. The summed E-state index contributed by atoms with van der Waals surface area (Å²) < 4.78 is 5.47. The van der Waals surface area contributed by atoms with Crippen LogP contribution in [0.1, 0.15) is 52.5 Å². The third-order valence-corrected chi connectivity index (χ3v) is 4.76. The van der Waals surface area contributed by atoms with E-state index in [1.807, 2.05) is 37.8 Å². The van der Waals surface area contributed by atoms with Crippen molar-refractivity contribution < 1.29 is 9.53 Å². The number of likely N-dealkylation sites (tertiary alicyclic amines) is 1. The average Bonchev–Trinajstić information content (AvgIpc) is 2.46. The molecular weight excluding hydrogens is 298 g/mol. The Morgan fingerprint density at radius 2 is 1.77 bits per heavy atom. The summed E-state index contributed by atoms with van der Waals surface area (Å²) in [6.07, 6.45) is 2.79.